The molecule has 3 aromatic rings. The monoisotopic (exact) mass is 448 g/mol. The smallest absolute Gasteiger partial charge is 0.264 e. The molecule has 4 rings (SSSR count). The number of aromatic nitrogens is 1. The molecule has 8 heteroatoms. The van der Waals surface area contributed by atoms with E-state index in [2.05, 4.69) is 15.3 Å². The fourth-order valence-electron chi connectivity index (χ4n) is 3.23. The predicted octanol–water partition coefficient (Wildman–Crippen LogP) is 5.34. The molecular weight excluding hydrogens is 428 g/mol. The van der Waals surface area contributed by atoms with Gasteiger partial charge in [-0.1, -0.05) is 36.4 Å². The number of benzene rings is 2. The fourth-order valence-corrected chi connectivity index (χ4v) is 4.88. The zero-order valence-corrected chi connectivity index (χ0v) is 18.9. The van der Waals surface area contributed by atoms with Crippen LogP contribution in [0.3, 0.4) is 0 Å². The maximum absolute atomic E-state index is 12.5. The molecule has 0 atom stereocenters. The summed E-state index contributed by atoms with van der Waals surface area (Å²) in [5.74, 6) is -0.330. The third kappa shape index (κ3) is 4.60. The van der Waals surface area contributed by atoms with Gasteiger partial charge in [0.2, 0.25) is 5.91 Å². The van der Waals surface area contributed by atoms with Gasteiger partial charge in [-0.2, -0.15) is 0 Å². The van der Waals surface area contributed by atoms with Crippen molar-refractivity contribution >= 4 is 62.7 Å². The Kier molecular flexibility index (Phi) is 6.01. The van der Waals surface area contributed by atoms with Crippen molar-refractivity contribution < 1.29 is 9.59 Å². The van der Waals surface area contributed by atoms with Gasteiger partial charge in [-0.05, 0) is 54.9 Å². The standard InChI is InChI=1S/C23H20N4O2S2/c1-14-8-7-9-15(2)20(14)27(16(3)28)23-25-18(13-30-23)12-19-21(29)26-22(31-19)24-17-10-5-4-6-11-17/h4-13H,1-3H3,(H,24,26,29)/b19-12+. The molecule has 0 saturated carbocycles. The van der Waals surface area contributed by atoms with E-state index in [4.69, 9.17) is 0 Å². The Hall–Kier alpha value is -3.23. The lowest BCUT2D eigenvalue weighted by Gasteiger charge is -2.22. The average Bonchev–Trinajstić information content (AvgIpc) is 3.32. The number of thiazole rings is 1. The molecule has 2 aromatic carbocycles. The number of hydrogen-bond acceptors (Lipinski definition) is 6. The van der Waals surface area contributed by atoms with Crippen LogP contribution in [0.1, 0.15) is 23.7 Å². The Morgan fingerprint density at radius 2 is 1.81 bits per heavy atom. The number of hydrogen-bond donors (Lipinski definition) is 1. The van der Waals surface area contributed by atoms with Crippen LogP contribution in [0.15, 0.2) is 63.8 Å². The van der Waals surface area contributed by atoms with Crippen LogP contribution in [0.2, 0.25) is 0 Å². The van der Waals surface area contributed by atoms with E-state index in [1.54, 1.807) is 11.0 Å². The molecule has 156 valence electrons. The van der Waals surface area contributed by atoms with Crippen LogP contribution in [0.5, 0.6) is 0 Å². The summed E-state index contributed by atoms with van der Waals surface area (Å²) < 4.78 is 0. The lowest BCUT2D eigenvalue weighted by atomic mass is 10.1. The number of rotatable bonds is 4. The summed E-state index contributed by atoms with van der Waals surface area (Å²) in [5, 5.41) is 5.71. The first-order chi connectivity index (χ1) is 14.9. The number of thioether (sulfide) groups is 1. The van der Waals surface area contributed by atoms with Gasteiger partial charge in [0.1, 0.15) is 0 Å². The molecule has 0 aliphatic carbocycles. The highest BCUT2D eigenvalue weighted by molar-refractivity contribution is 8.18. The summed E-state index contributed by atoms with van der Waals surface area (Å²) in [7, 11) is 0. The number of anilines is 2. The van der Waals surface area contributed by atoms with E-state index in [9.17, 15) is 9.59 Å². The third-order valence-corrected chi connectivity index (χ3v) is 6.35. The van der Waals surface area contributed by atoms with Crippen LogP contribution in [-0.2, 0) is 9.59 Å². The molecule has 1 saturated heterocycles. The second-order valence-corrected chi connectivity index (χ2v) is 8.83. The summed E-state index contributed by atoms with van der Waals surface area (Å²) in [6.07, 6.45) is 1.72. The normalized spacial score (nSPS) is 16.0. The number of amides is 2. The zero-order valence-electron chi connectivity index (χ0n) is 17.2. The SMILES string of the molecule is CC(=O)N(c1nc(/C=C2/SC(=Nc3ccccc3)NC2=O)cs1)c1c(C)cccc1C. The predicted molar refractivity (Wildman–Crippen MR) is 128 cm³/mol. The highest BCUT2D eigenvalue weighted by atomic mass is 32.2. The molecule has 0 radical (unpaired) electrons. The number of para-hydroxylation sites is 2. The maximum Gasteiger partial charge on any atom is 0.264 e. The van der Waals surface area contributed by atoms with Gasteiger partial charge in [-0.25, -0.2) is 9.98 Å². The van der Waals surface area contributed by atoms with E-state index in [1.165, 1.54) is 30.0 Å². The number of carbonyl (C=O) groups excluding carboxylic acids is 2. The van der Waals surface area contributed by atoms with Crippen LogP contribution in [0.4, 0.5) is 16.5 Å². The van der Waals surface area contributed by atoms with Crippen LogP contribution in [-0.4, -0.2) is 22.0 Å². The minimum Gasteiger partial charge on any atom is -0.300 e. The molecule has 1 aliphatic rings. The van der Waals surface area contributed by atoms with Crippen molar-refractivity contribution in [3.63, 3.8) is 0 Å². The highest BCUT2D eigenvalue weighted by Gasteiger charge is 2.25. The molecular formula is C23H20N4O2S2. The van der Waals surface area contributed by atoms with E-state index in [-0.39, 0.29) is 11.8 Å². The zero-order chi connectivity index (χ0) is 22.0. The molecule has 31 heavy (non-hydrogen) atoms. The van der Waals surface area contributed by atoms with Crippen molar-refractivity contribution in [2.45, 2.75) is 20.8 Å². The van der Waals surface area contributed by atoms with Crippen molar-refractivity contribution in [3.8, 4) is 0 Å². The fraction of sp³-hybridized carbons (Fsp3) is 0.130. The van der Waals surface area contributed by atoms with Gasteiger partial charge in [-0.3, -0.25) is 14.5 Å². The maximum atomic E-state index is 12.5. The highest BCUT2D eigenvalue weighted by Crippen LogP contribution is 2.35. The number of carbonyl (C=O) groups is 2. The molecule has 0 bridgehead atoms. The van der Waals surface area contributed by atoms with Crippen LogP contribution < -0.4 is 10.2 Å². The Balaban J connectivity index is 1.61. The lowest BCUT2D eigenvalue weighted by molar-refractivity contribution is -0.116. The molecule has 1 aromatic heterocycles. The molecule has 2 heterocycles. The topological polar surface area (TPSA) is 74.7 Å². The minimum absolute atomic E-state index is 0.115. The first-order valence-corrected chi connectivity index (χ1v) is 11.3. The number of aliphatic imine (C=N–C) groups is 1. The summed E-state index contributed by atoms with van der Waals surface area (Å²) in [4.78, 5) is 36.0. The Labute approximate surface area is 188 Å². The van der Waals surface area contributed by atoms with E-state index >= 15 is 0 Å². The van der Waals surface area contributed by atoms with E-state index in [1.807, 2.05) is 67.8 Å². The third-order valence-electron chi connectivity index (χ3n) is 4.60. The molecule has 1 fully saturated rings. The summed E-state index contributed by atoms with van der Waals surface area (Å²) >= 11 is 2.63. The van der Waals surface area contributed by atoms with Crippen LogP contribution in [0, 0.1) is 13.8 Å². The van der Waals surface area contributed by atoms with Crippen molar-refractivity contribution in [3.05, 3.63) is 75.6 Å². The first kappa shape index (κ1) is 21.0. The number of amidine groups is 1. The van der Waals surface area contributed by atoms with Crippen LogP contribution in [0.25, 0.3) is 6.08 Å². The largest absolute Gasteiger partial charge is 0.300 e. The second kappa shape index (κ2) is 8.87. The van der Waals surface area contributed by atoms with Gasteiger partial charge in [0.25, 0.3) is 5.91 Å². The van der Waals surface area contributed by atoms with E-state index < -0.39 is 0 Å². The number of nitrogens with zero attached hydrogens (tertiary/aromatic N) is 3. The first-order valence-electron chi connectivity index (χ1n) is 9.59. The molecule has 6 nitrogen and oxygen atoms in total. The van der Waals surface area contributed by atoms with Gasteiger partial charge in [0.15, 0.2) is 10.3 Å². The van der Waals surface area contributed by atoms with Gasteiger partial charge >= 0.3 is 0 Å². The van der Waals surface area contributed by atoms with Gasteiger partial charge in [0, 0.05) is 12.3 Å². The lowest BCUT2D eigenvalue weighted by Crippen LogP contribution is -2.24. The Morgan fingerprint density at radius 1 is 1.10 bits per heavy atom. The Morgan fingerprint density at radius 3 is 2.48 bits per heavy atom. The van der Waals surface area contributed by atoms with Gasteiger partial charge in [-0.15, -0.1) is 11.3 Å². The van der Waals surface area contributed by atoms with Gasteiger partial charge < -0.3 is 5.32 Å². The summed E-state index contributed by atoms with van der Waals surface area (Å²) in [5.41, 5.74) is 4.23. The van der Waals surface area contributed by atoms with Crippen molar-refractivity contribution in [2.24, 2.45) is 4.99 Å². The summed E-state index contributed by atoms with van der Waals surface area (Å²) in [6.45, 7) is 5.47. The molecule has 0 spiro atoms. The summed E-state index contributed by atoms with van der Waals surface area (Å²) in [6, 6.07) is 15.4. The van der Waals surface area contributed by atoms with E-state index in [0.29, 0.717) is 20.9 Å². The van der Waals surface area contributed by atoms with Crippen molar-refractivity contribution in [2.75, 3.05) is 4.90 Å². The molecule has 1 N–H and O–H groups in total. The van der Waals surface area contributed by atoms with Crippen LogP contribution >= 0.6 is 23.1 Å². The molecule has 0 unspecified atom stereocenters. The number of nitrogens with one attached hydrogen (secondary N) is 1. The second-order valence-electron chi connectivity index (χ2n) is 6.97. The minimum atomic E-state index is -0.215. The van der Waals surface area contributed by atoms with E-state index in [0.717, 1.165) is 22.5 Å². The average molecular weight is 449 g/mol. The molecule has 2 amide bonds. The van der Waals surface area contributed by atoms with Gasteiger partial charge in [0.05, 0.1) is 22.0 Å². The Bertz CT molecular complexity index is 1200. The quantitative estimate of drug-likeness (QED) is 0.547. The number of aryl methyl sites for hydroxylation is 2. The van der Waals surface area contributed by atoms with Crippen molar-refractivity contribution in [1.82, 2.24) is 10.3 Å². The molecule has 1 aliphatic heterocycles. The van der Waals surface area contributed by atoms with Crippen molar-refractivity contribution in [1.29, 1.82) is 0 Å².